The summed E-state index contributed by atoms with van der Waals surface area (Å²) in [6, 6.07) is 25.5. The molecule has 0 radical (unpaired) electrons. The number of benzene rings is 3. The monoisotopic (exact) mass is 519 g/mol. The van der Waals surface area contributed by atoms with Gasteiger partial charge in [-0.05, 0) is 66.6 Å². The SMILES string of the molecule is COC(=O)c1ccc(S[C@H](c2ccccc2CCCCCCCCc2ccccc2)[C@@H](O)C(N)=O)cc1. The number of hydrogen-bond acceptors (Lipinski definition) is 5. The van der Waals surface area contributed by atoms with Gasteiger partial charge in [-0.3, -0.25) is 4.79 Å². The van der Waals surface area contributed by atoms with E-state index in [1.54, 1.807) is 24.3 Å². The maximum atomic E-state index is 12.0. The van der Waals surface area contributed by atoms with Gasteiger partial charge >= 0.3 is 5.97 Å². The Hall–Kier alpha value is -3.09. The molecule has 2 atom stereocenters. The highest BCUT2D eigenvalue weighted by atomic mass is 32.2. The molecular weight excluding hydrogens is 482 g/mol. The van der Waals surface area contributed by atoms with Crippen LogP contribution in [0.5, 0.6) is 0 Å². The molecule has 3 aromatic carbocycles. The normalized spacial score (nSPS) is 12.6. The van der Waals surface area contributed by atoms with Crippen LogP contribution in [-0.2, 0) is 22.4 Å². The van der Waals surface area contributed by atoms with E-state index in [1.165, 1.54) is 50.1 Å². The molecule has 0 saturated carbocycles. The fraction of sp³-hybridized carbons (Fsp3) is 0.355. The van der Waals surface area contributed by atoms with E-state index >= 15 is 0 Å². The second kappa shape index (κ2) is 15.2. The van der Waals surface area contributed by atoms with Crippen LogP contribution in [0.25, 0.3) is 0 Å². The van der Waals surface area contributed by atoms with Crippen LogP contribution in [0.15, 0.2) is 83.8 Å². The topological polar surface area (TPSA) is 89.6 Å². The van der Waals surface area contributed by atoms with Gasteiger partial charge in [0.05, 0.1) is 17.9 Å². The number of aliphatic hydroxyl groups excluding tert-OH is 1. The number of aliphatic hydroxyl groups is 1. The molecule has 0 saturated heterocycles. The second-order valence-corrected chi connectivity index (χ2v) is 10.4. The number of carbonyl (C=O) groups excluding carboxylic acids is 2. The molecule has 0 unspecified atom stereocenters. The molecule has 6 heteroatoms. The van der Waals surface area contributed by atoms with Crippen molar-refractivity contribution in [3.8, 4) is 0 Å². The number of amides is 1. The van der Waals surface area contributed by atoms with Gasteiger partial charge in [-0.25, -0.2) is 4.79 Å². The number of nitrogens with two attached hydrogens (primary N) is 1. The number of carbonyl (C=O) groups is 2. The molecule has 0 aromatic heterocycles. The summed E-state index contributed by atoms with van der Waals surface area (Å²) in [4.78, 5) is 24.5. The van der Waals surface area contributed by atoms with Crippen molar-refractivity contribution in [2.45, 2.75) is 67.6 Å². The maximum absolute atomic E-state index is 12.0. The van der Waals surface area contributed by atoms with Crippen LogP contribution in [-0.4, -0.2) is 30.2 Å². The molecule has 196 valence electrons. The van der Waals surface area contributed by atoms with Gasteiger partial charge < -0.3 is 15.6 Å². The van der Waals surface area contributed by atoms with E-state index in [1.807, 2.05) is 18.2 Å². The zero-order valence-corrected chi connectivity index (χ0v) is 22.3. The van der Waals surface area contributed by atoms with Gasteiger partial charge in [0.1, 0.15) is 6.10 Å². The first-order valence-corrected chi connectivity index (χ1v) is 13.8. The third kappa shape index (κ3) is 9.06. The third-order valence-electron chi connectivity index (χ3n) is 6.48. The van der Waals surface area contributed by atoms with Gasteiger partial charge in [-0.2, -0.15) is 0 Å². The highest BCUT2D eigenvalue weighted by molar-refractivity contribution is 7.99. The zero-order valence-electron chi connectivity index (χ0n) is 21.5. The summed E-state index contributed by atoms with van der Waals surface area (Å²) >= 11 is 1.37. The number of hydrogen-bond donors (Lipinski definition) is 2. The number of esters is 1. The molecule has 1 amide bonds. The fourth-order valence-electron chi connectivity index (χ4n) is 4.42. The molecule has 0 heterocycles. The largest absolute Gasteiger partial charge is 0.465 e. The molecule has 0 fully saturated rings. The highest BCUT2D eigenvalue weighted by Gasteiger charge is 2.28. The summed E-state index contributed by atoms with van der Waals surface area (Å²) in [5, 5.41) is 10.2. The molecule has 0 aliphatic carbocycles. The molecule has 37 heavy (non-hydrogen) atoms. The Morgan fingerprint density at radius 2 is 1.41 bits per heavy atom. The van der Waals surface area contributed by atoms with E-state index < -0.39 is 23.2 Å². The van der Waals surface area contributed by atoms with Crippen LogP contribution in [0.1, 0.15) is 70.8 Å². The minimum atomic E-state index is -1.34. The third-order valence-corrected chi connectivity index (χ3v) is 7.79. The Balaban J connectivity index is 1.55. The highest BCUT2D eigenvalue weighted by Crippen LogP contribution is 2.40. The number of ether oxygens (including phenoxy) is 1. The number of aryl methyl sites for hydroxylation is 2. The summed E-state index contributed by atoms with van der Waals surface area (Å²) in [7, 11) is 1.34. The summed E-state index contributed by atoms with van der Waals surface area (Å²) in [6.07, 6.45) is 7.77. The molecule has 3 rings (SSSR count). The van der Waals surface area contributed by atoms with Gasteiger partial charge in [-0.1, -0.05) is 80.3 Å². The molecule has 5 nitrogen and oxygen atoms in total. The fourth-order valence-corrected chi connectivity index (χ4v) is 5.62. The Labute approximate surface area is 224 Å². The Kier molecular flexibility index (Phi) is 11.7. The molecule has 3 N–H and O–H groups in total. The van der Waals surface area contributed by atoms with Crippen molar-refractivity contribution in [3.05, 3.63) is 101 Å². The van der Waals surface area contributed by atoms with Crippen LogP contribution in [0, 0.1) is 0 Å². The van der Waals surface area contributed by atoms with Crippen molar-refractivity contribution in [2.75, 3.05) is 7.11 Å². The van der Waals surface area contributed by atoms with Gasteiger partial charge in [0, 0.05) is 4.90 Å². The zero-order chi connectivity index (χ0) is 26.5. The number of primary amides is 1. The molecule has 3 aromatic rings. The average molecular weight is 520 g/mol. The van der Waals surface area contributed by atoms with Crippen LogP contribution in [0.4, 0.5) is 0 Å². The quantitative estimate of drug-likeness (QED) is 0.140. The molecule has 0 aliphatic heterocycles. The lowest BCUT2D eigenvalue weighted by atomic mass is 9.96. The van der Waals surface area contributed by atoms with Crippen molar-refractivity contribution in [3.63, 3.8) is 0 Å². The van der Waals surface area contributed by atoms with Gasteiger partial charge in [0.15, 0.2) is 0 Å². The molecule has 0 aliphatic rings. The van der Waals surface area contributed by atoms with Crippen molar-refractivity contribution in [1.29, 1.82) is 0 Å². The van der Waals surface area contributed by atoms with Gasteiger partial charge in [0.25, 0.3) is 0 Å². The van der Waals surface area contributed by atoms with Crippen molar-refractivity contribution in [1.82, 2.24) is 0 Å². The van der Waals surface area contributed by atoms with E-state index in [-0.39, 0.29) is 0 Å². The van der Waals surface area contributed by atoms with E-state index in [9.17, 15) is 14.7 Å². The van der Waals surface area contributed by atoms with Crippen LogP contribution in [0.2, 0.25) is 0 Å². The number of rotatable bonds is 15. The summed E-state index contributed by atoms with van der Waals surface area (Å²) < 4.78 is 4.76. The molecule has 0 spiro atoms. The first-order valence-electron chi connectivity index (χ1n) is 12.9. The number of methoxy groups -OCH3 is 1. The van der Waals surface area contributed by atoms with Crippen LogP contribution in [0.3, 0.4) is 0 Å². The first kappa shape index (κ1) is 28.5. The molecule has 0 bridgehead atoms. The predicted octanol–water partition coefficient (Wildman–Crippen LogP) is 6.28. The lowest BCUT2D eigenvalue weighted by Gasteiger charge is -2.23. The lowest BCUT2D eigenvalue weighted by Crippen LogP contribution is -2.33. The standard InChI is InChI=1S/C31H37NO4S/c1-36-31(35)25-19-21-26(22-20-25)37-29(28(33)30(32)34)27-18-12-11-17-24(27)16-10-5-3-2-4-7-13-23-14-8-6-9-15-23/h6,8-9,11-12,14-15,17-22,28-29,33H,2-5,7,10,13,16H2,1H3,(H2,32,34)/t28-,29-/m1/s1. The first-order chi connectivity index (χ1) is 18.0. The smallest absolute Gasteiger partial charge is 0.337 e. The van der Waals surface area contributed by atoms with E-state index in [0.29, 0.717) is 5.56 Å². The van der Waals surface area contributed by atoms with Crippen molar-refractivity contribution < 1.29 is 19.4 Å². The average Bonchev–Trinajstić information content (AvgIpc) is 2.93. The minimum Gasteiger partial charge on any atom is -0.465 e. The second-order valence-electron chi connectivity index (χ2n) is 9.21. The summed E-state index contributed by atoms with van der Waals surface area (Å²) in [5.41, 5.74) is 9.40. The Bertz CT molecular complexity index is 1120. The maximum Gasteiger partial charge on any atom is 0.337 e. The van der Waals surface area contributed by atoms with E-state index in [2.05, 4.69) is 36.4 Å². The van der Waals surface area contributed by atoms with Crippen LogP contribution >= 0.6 is 11.8 Å². The van der Waals surface area contributed by atoms with Crippen molar-refractivity contribution in [2.24, 2.45) is 5.73 Å². The van der Waals surface area contributed by atoms with Gasteiger partial charge in [-0.15, -0.1) is 11.8 Å². The predicted molar refractivity (Wildman–Crippen MR) is 150 cm³/mol. The summed E-state index contributed by atoms with van der Waals surface area (Å²) in [6.45, 7) is 0. The number of thioether (sulfide) groups is 1. The lowest BCUT2D eigenvalue weighted by molar-refractivity contribution is -0.126. The summed E-state index contributed by atoms with van der Waals surface area (Å²) in [5.74, 6) is -1.17. The Morgan fingerprint density at radius 3 is 2.05 bits per heavy atom. The minimum absolute atomic E-state index is 0.410. The Morgan fingerprint density at radius 1 is 0.811 bits per heavy atom. The van der Waals surface area contributed by atoms with E-state index in [4.69, 9.17) is 10.5 Å². The van der Waals surface area contributed by atoms with Crippen molar-refractivity contribution >= 4 is 23.6 Å². The molecular formula is C31H37NO4S. The van der Waals surface area contributed by atoms with Gasteiger partial charge in [0.2, 0.25) is 5.91 Å². The number of unbranched alkanes of at least 4 members (excludes halogenated alkanes) is 5. The van der Waals surface area contributed by atoms with E-state index in [0.717, 1.165) is 41.7 Å². The van der Waals surface area contributed by atoms with Crippen LogP contribution < -0.4 is 5.73 Å².